The zero-order chi connectivity index (χ0) is 24.9. The number of halogens is 1. The van der Waals surface area contributed by atoms with Crippen LogP contribution in [0.5, 0.6) is 5.75 Å². The van der Waals surface area contributed by atoms with Crippen molar-refractivity contribution in [2.75, 3.05) is 46.0 Å². The van der Waals surface area contributed by atoms with E-state index in [0.29, 0.717) is 37.7 Å². The molecule has 2 aliphatic rings. The average Bonchev–Trinajstić information content (AvgIpc) is 3.12. The van der Waals surface area contributed by atoms with Gasteiger partial charge in [0, 0.05) is 37.3 Å². The van der Waals surface area contributed by atoms with Crippen molar-refractivity contribution < 1.29 is 28.6 Å². The molecule has 2 fully saturated rings. The van der Waals surface area contributed by atoms with Crippen molar-refractivity contribution >= 4 is 17.4 Å². The minimum Gasteiger partial charge on any atom is -0.507 e. The van der Waals surface area contributed by atoms with E-state index in [1.54, 1.807) is 36.4 Å². The highest BCUT2D eigenvalue weighted by molar-refractivity contribution is 6.46. The largest absolute Gasteiger partial charge is 0.507 e. The standard InChI is InChI=1S/C27H31FN2O5/c1-3-14-35-22-9-8-19(17-18(22)2)25(31)23-24(20-6-4-5-7-21(20)28)30(27(33)26(23)32)11-10-29-12-15-34-16-13-29/h4-9,17,24,31H,3,10-16H2,1-2H3/t24-/m0/s1. The van der Waals surface area contributed by atoms with E-state index in [1.165, 1.54) is 11.0 Å². The van der Waals surface area contributed by atoms with Crippen molar-refractivity contribution in [3.8, 4) is 5.75 Å². The molecular weight excluding hydrogens is 451 g/mol. The Morgan fingerprint density at radius 1 is 1.14 bits per heavy atom. The number of ketones is 1. The summed E-state index contributed by atoms with van der Waals surface area (Å²) in [6.07, 6.45) is 0.859. The first-order chi connectivity index (χ1) is 16.9. The Bertz CT molecular complexity index is 1130. The number of carbonyl (C=O) groups excluding carboxylic acids is 2. The number of nitrogens with zero attached hydrogens (tertiary/aromatic N) is 2. The molecule has 2 heterocycles. The third-order valence-corrected chi connectivity index (χ3v) is 6.41. The zero-order valence-electron chi connectivity index (χ0n) is 20.1. The number of likely N-dealkylation sites (tertiary alicyclic amines) is 1. The van der Waals surface area contributed by atoms with Gasteiger partial charge < -0.3 is 19.5 Å². The molecule has 0 saturated carbocycles. The highest BCUT2D eigenvalue weighted by atomic mass is 19.1. The Balaban J connectivity index is 1.73. The van der Waals surface area contributed by atoms with Gasteiger partial charge in [-0.1, -0.05) is 25.1 Å². The van der Waals surface area contributed by atoms with E-state index in [1.807, 2.05) is 13.8 Å². The smallest absolute Gasteiger partial charge is 0.295 e. The van der Waals surface area contributed by atoms with Gasteiger partial charge in [-0.15, -0.1) is 0 Å². The summed E-state index contributed by atoms with van der Waals surface area (Å²) in [6.45, 7) is 7.81. The molecule has 8 heteroatoms. The number of amides is 1. The number of carbonyl (C=O) groups is 2. The van der Waals surface area contributed by atoms with E-state index in [4.69, 9.17) is 9.47 Å². The SMILES string of the molecule is CCCOc1ccc(C(O)=C2C(=O)C(=O)N(CCN3CCOCC3)[C@H]2c2ccccc2F)cc1C. The van der Waals surface area contributed by atoms with Crippen LogP contribution in [0.15, 0.2) is 48.0 Å². The number of aliphatic hydroxyl groups is 1. The van der Waals surface area contributed by atoms with E-state index in [0.717, 1.165) is 25.1 Å². The fourth-order valence-corrected chi connectivity index (χ4v) is 4.53. The van der Waals surface area contributed by atoms with Crippen LogP contribution in [0.3, 0.4) is 0 Å². The van der Waals surface area contributed by atoms with Crippen LogP contribution in [0.25, 0.3) is 5.76 Å². The van der Waals surface area contributed by atoms with E-state index in [-0.39, 0.29) is 23.4 Å². The van der Waals surface area contributed by atoms with Crippen LogP contribution < -0.4 is 4.74 Å². The molecule has 0 spiro atoms. The van der Waals surface area contributed by atoms with E-state index in [2.05, 4.69) is 4.90 Å². The number of benzene rings is 2. The molecule has 0 aliphatic carbocycles. The number of hydrogen-bond acceptors (Lipinski definition) is 6. The molecule has 0 aromatic heterocycles. The molecular formula is C27H31FN2O5. The highest BCUT2D eigenvalue weighted by Crippen LogP contribution is 2.40. The molecule has 0 bridgehead atoms. The lowest BCUT2D eigenvalue weighted by Gasteiger charge is -2.31. The summed E-state index contributed by atoms with van der Waals surface area (Å²) in [4.78, 5) is 29.8. The lowest BCUT2D eigenvalue weighted by atomic mass is 9.94. The lowest BCUT2D eigenvalue weighted by molar-refractivity contribution is -0.140. The summed E-state index contributed by atoms with van der Waals surface area (Å²) in [5, 5.41) is 11.2. The normalized spacial score (nSPS) is 20.4. The summed E-state index contributed by atoms with van der Waals surface area (Å²) in [5.74, 6) is -1.74. The van der Waals surface area contributed by atoms with Gasteiger partial charge in [0.2, 0.25) is 0 Å². The van der Waals surface area contributed by atoms with Crippen LogP contribution in [-0.4, -0.2) is 72.6 Å². The first kappa shape index (κ1) is 24.9. The van der Waals surface area contributed by atoms with Gasteiger partial charge in [0.15, 0.2) is 0 Å². The number of hydrogen-bond donors (Lipinski definition) is 1. The maximum Gasteiger partial charge on any atom is 0.295 e. The molecule has 186 valence electrons. The second-order valence-corrected chi connectivity index (χ2v) is 8.80. The van der Waals surface area contributed by atoms with Crippen LogP contribution in [-0.2, 0) is 14.3 Å². The molecule has 2 aliphatic heterocycles. The number of rotatable bonds is 8. The third-order valence-electron chi connectivity index (χ3n) is 6.41. The number of ether oxygens (including phenoxy) is 2. The summed E-state index contributed by atoms with van der Waals surface area (Å²) >= 11 is 0. The topological polar surface area (TPSA) is 79.3 Å². The Hall–Kier alpha value is -3.23. The Kier molecular flexibility index (Phi) is 7.83. The Morgan fingerprint density at radius 3 is 2.57 bits per heavy atom. The first-order valence-electron chi connectivity index (χ1n) is 12.0. The van der Waals surface area contributed by atoms with Crippen LogP contribution in [0.4, 0.5) is 4.39 Å². The van der Waals surface area contributed by atoms with E-state index in [9.17, 15) is 19.1 Å². The molecule has 35 heavy (non-hydrogen) atoms. The maximum atomic E-state index is 14.9. The van der Waals surface area contributed by atoms with Crippen molar-refractivity contribution in [3.63, 3.8) is 0 Å². The predicted molar refractivity (Wildman–Crippen MR) is 130 cm³/mol. The molecule has 7 nitrogen and oxygen atoms in total. The minimum atomic E-state index is -1.02. The Morgan fingerprint density at radius 2 is 1.89 bits per heavy atom. The van der Waals surface area contributed by atoms with Gasteiger partial charge in [0.1, 0.15) is 17.3 Å². The maximum absolute atomic E-state index is 14.9. The quantitative estimate of drug-likeness (QED) is 0.351. The lowest BCUT2D eigenvalue weighted by Crippen LogP contribution is -2.42. The summed E-state index contributed by atoms with van der Waals surface area (Å²) in [7, 11) is 0. The average molecular weight is 483 g/mol. The van der Waals surface area contributed by atoms with E-state index < -0.39 is 23.5 Å². The van der Waals surface area contributed by atoms with Crippen LogP contribution in [0.1, 0.15) is 36.1 Å². The predicted octanol–water partition coefficient (Wildman–Crippen LogP) is 3.68. The molecule has 2 saturated heterocycles. The van der Waals surface area contributed by atoms with Crippen molar-refractivity contribution in [1.29, 1.82) is 0 Å². The third kappa shape index (κ3) is 5.23. The van der Waals surface area contributed by atoms with Crippen LogP contribution in [0, 0.1) is 12.7 Å². The molecule has 2 aromatic rings. The van der Waals surface area contributed by atoms with E-state index >= 15 is 0 Å². The molecule has 2 aromatic carbocycles. The van der Waals surface area contributed by atoms with Gasteiger partial charge in [0.05, 0.1) is 31.4 Å². The summed E-state index contributed by atoms with van der Waals surface area (Å²) in [5.41, 5.74) is 1.23. The number of aryl methyl sites for hydroxylation is 1. The molecule has 4 rings (SSSR count). The number of aliphatic hydroxyl groups excluding tert-OH is 1. The second kappa shape index (κ2) is 11.0. The molecule has 0 unspecified atom stereocenters. The zero-order valence-corrected chi connectivity index (χ0v) is 20.1. The van der Waals surface area contributed by atoms with Gasteiger partial charge in [0.25, 0.3) is 11.7 Å². The highest BCUT2D eigenvalue weighted by Gasteiger charge is 2.46. The van der Waals surface area contributed by atoms with Gasteiger partial charge in [-0.05, 0) is 43.2 Å². The van der Waals surface area contributed by atoms with Crippen LogP contribution >= 0.6 is 0 Å². The minimum absolute atomic E-state index is 0.108. The molecule has 1 amide bonds. The second-order valence-electron chi connectivity index (χ2n) is 8.80. The fraction of sp³-hybridized carbons (Fsp3) is 0.407. The molecule has 0 radical (unpaired) electrons. The Labute approximate surface area is 204 Å². The molecule has 1 atom stereocenters. The van der Waals surface area contributed by atoms with Gasteiger partial charge in [-0.25, -0.2) is 4.39 Å². The summed E-state index contributed by atoms with van der Waals surface area (Å²) in [6, 6.07) is 10.1. The number of morpholine rings is 1. The van der Waals surface area contributed by atoms with Gasteiger partial charge >= 0.3 is 0 Å². The monoisotopic (exact) mass is 482 g/mol. The van der Waals surface area contributed by atoms with Crippen LogP contribution in [0.2, 0.25) is 0 Å². The number of Topliss-reactive ketones (excluding diaryl/α,β-unsaturated/α-hetero) is 1. The van der Waals surface area contributed by atoms with Crippen molar-refractivity contribution in [2.45, 2.75) is 26.3 Å². The fourth-order valence-electron chi connectivity index (χ4n) is 4.53. The van der Waals surface area contributed by atoms with Gasteiger partial charge in [-0.2, -0.15) is 0 Å². The first-order valence-corrected chi connectivity index (χ1v) is 12.0. The summed E-state index contributed by atoms with van der Waals surface area (Å²) < 4.78 is 26.0. The van der Waals surface area contributed by atoms with Crippen molar-refractivity contribution in [3.05, 3.63) is 70.5 Å². The van der Waals surface area contributed by atoms with Gasteiger partial charge in [-0.3, -0.25) is 14.5 Å². The van der Waals surface area contributed by atoms with Crippen molar-refractivity contribution in [1.82, 2.24) is 9.80 Å². The van der Waals surface area contributed by atoms with Crippen molar-refractivity contribution in [2.24, 2.45) is 0 Å². The molecule has 1 N–H and O–H groups in total.